The molecule has 0 saturated heterocycles. The molecule has 2 atom stereocenters. The zero-order chi connectivity index (χ0) is 45.3. The number of methoxy groups -OCH3 is 1. The number of carbonyl (C=O) groups excluding carboxylic acids is 3. The summed E-state index contributed by atoms with van der Waals surface area (Å²) in [5, 5.41) is 3.53. The van der Waals surface area contributed by atoms with Crippen molar-refractivity contribution >= 4 is 46.6 Å². The predicted octanol–water partition coefficient (Wildman–Crippen LogP) is 14.4. The van der Waals surface area contributed by atoms with E-state index >= 15 is 0 Å². The van der Waals surface area contributed by atoms with Gasteiger partial charge in [0, 0.05) is 55.5 Å². The largest absolute Gasteiger partial charge is 0.477 e. The second kappa shape index (κ2) is 31.0. The van der Waals surface area contributed by atoms with Gasteiger partial charge in [0.15, 0.2) is 5.60 Å². The molecule has 1 N–H and O–H groups in total. The third-order valence-corrected chi connectivity index (χ3v) is 10.4. The van der Waals surface area contributed by atoms with Gasteiger partial charge in [0.25, 0.3) is 5.91 Å². The fourth-order valence-corrected chi connectivity index (χ4v) is 6.67. The Kier molecular flexibility index (Phi) is 30.0. The molecule has 0 heterocycles. The lowest BCUT2D eigenvalue weighted by atomic mass is 9.86. The second-order valence-corrected chi connectivity index (χ2v) is 14.7. The van der Waals surface area contributed by atoms with Crippen molar-refractivity contribution in [3.8, 4) is 5.75 Å². The second-order valence-electron chi connectivity index (χ2n) is 13.9. The van der Waals surface area contributed by atoms with Crippen LogP contribution in [0.1, 0.15) is 156 Å². The number of aryl methyl sites for hydroxylation is 1. The maximum Gasteiger partial charge on any atom is 0.263 e. The Morgan fingerprint density at radius 2 is 1.48 bits per heavy atom. The van der Waals surface area contributed by atoms with Crippen LogP contribution in [0.5, 0.6) is 5.75 Å². The van der Waals surface area contributed by atoms with Gasteiger partial charge in [-0.3, -0.25) is 19.3 Å². The van der Waals surface area contributed by atoms with Crippen molar-refractivity contribution in [3.63, 3.8) is 0 Å². The molecule has 0 aliphatic heterocycles. The van der Waals surface area contributed by atoms with E-state index in [1.165, 1.54) is 23.5 Å². The van der Waals surface area contributed by atoms with Crippen molar-refractivity contribution in [1.82, 2.24) is 5.32 Å². The van der Waals surface area contributed by atoms with Gasteiger partial charge in [-0.2, -0.15) is 0 Å². The lowest BCUT2D eigenvalue weighted by molar-refractivity contribution is -0.137. The van der Waals surface area contributed by atoms with E-state index < -0.39 is 23.3 Å². The summed E-state index contributed by atoms with van der Waals surface area (Å²) in [6.07, 6.45) is 7.59. The van der Waals surface area contributed by atoms with E-state index in [2.05, 4.69) is 23.6 Å². The zero-order valence-corrected chi connectivity index (χ0v) is 39.5. The minimum absolute atomic E-state index is 0. The lowest BCUT2D eigenvalue weighted by Gasteiger charge is -2.33. The molecule has 7 nitrogen and oxygen atoms in total. The fourth-order valence-electron chi connectivity index (χ4n) is 6.32. The summed E-state index contributed by atoms with van der Waals surface area (Å²) in [5.74, 6) is -1.83. The number of allylic oxidation sites excluding steroid dienone is 3. The number of carbonyl (C=O) groups is 3. The monoisotopic (exact) mass is 873 g/mol. The zero-order valence-electron chi connectivity index (χ0n) is 38.0. The first-order valence-electron chi connectivity index (χ1n) is 20.9. The first-order chi connectivity index (χ1) is 28.1. The van der Waals surface area contributed by atoms with Crippen molar-refractivity contribution in [1.29, 1.82) is 0 Å². The van der Waals surface area contributed by atoms with Crippen LogP contribution in [-0.2, 0) is 19.1 Å². The van der Waals surface area contributed by atoms with Crippen LogP contribution in [0.3, 0.4) is 0 Å². The number of imide groups is 1. The Bertz CT molecular complexity index is 1790. The lowest BCUT2D eigenvalue weighted by Crippen LogP contribution is -2.49. The summed E-state index contributed by atoms with van der Waals surface area (Å²) < 4.78 is 25.5. The highest BCUT2D eigenvalue weighted by molar-refractivity contribution is 6.31. The predicted molar refractivity (Wildman–Crippen MR) is 254 cm³/mol. The molecule has 3 rings (SSSR count). The summed E-state index contributed by atoms with van der Waals surface area (Å²) in [7, 11) is 3.26. The quantitative estimate of drug-likeness (QED) is 0.137. The highest BCUT2D eigenvalue weighted by Crippen LogP contribution is 2.41. The number of anilines is 1. The normalized spacial score (nSPS) is 11.7. The molecule has 10 heteroatoms. The van der Waals surface area contributed by atoms with Crippen molar-refractivity contribution in [2.24, 2.45) is 0 Å². The van der Waals surface area contributed by atoms with Crippen molar-refractivity contribution in [3.05, 3.63) is 117 Å². The van der Waals surface area contributed by atoms with E-state index in [0.29, 0.717) is 51.9 Å². The van der Waals surface area contributed by atoms with Crippen LogP contribution in [0, 0.1) is 12.7 Å². The molecule has 0 radical (unpaired) electrons. The number of ether oxygens (including phenoxy) is 2. The topological polar surface area (TPSA) is 84.9 Å². The van der Waals surface area contributed by atoms with Gasteiger partial charge in [-0.05, 0) is 118 Å². The third-order valence-electron chi connectivity index (χ3n) is 9.97. The van der Waals surface area contributed by atoms with Gasteiger partial charge in [0.2, 0.25) is 11.8 Å². The minimum Gasteiger partial charge on any atom is -0.477 e. The number of hydrogen-bond acceptors (Lipinski definition) is 5. The molecule has 336 valence electrons. The number of unbranched alkanes of at least 4 members (excludes halogenated alkanes) is 1. The number of benzene rings is 3. The summed E-state index contributed by atoms with van der Waals surface area (Å²) >= 11 is 13.0. The summed E-state index contributed by atoms with van der Waals surface area (Å²) in [6, 6.07) is 14.9. The highest BCUT2D eigenvalue weighted by Gasteiger charge is 2.38. The number of amides is 3. The molecule has 0 aromatic heterocycles. The number of nitrogens with one attached hydrogen (secondary N) is 1. The third kappa shape index (κ3) is 17.6. The van der Waals surface area contributed by atoms with Gasteiger partial charge in [0.1, 0.15) is 11.6 Å². The van der Waals surface area contributed by atoms with E-state index in [-0.39, 0.29) is 37.9 Å². The molecule has 3 amide bonds. The van der Waals surface area contributed by atoms with Gasteiger partial charge >= 0.3 is 0 Å². The summed E-state index contributed by atoms with van der Waals surface area (Å²) in [6.45, 7) is 25.7. The average molecular weight is 874 g/mol. The Labute approximate surface area is 373 Å². The van der Waals surface area contributed by atoms with Crippen molar-refractivity contribution in [2.45, 2.75) is 146 Å². The molecule has 0 spiro atoms. The molecule has 0 fully saturated rings. The first kappa shape index (κ1) is 58.1. The molecule has 0 bridgehead atoms. The van der Waals surface area contributed by atoms with Gasteiger partial charge in [-0.15, -0.1) is 6.58 Å². The number of rotatable bonds is 17. The molecule has 3 aromatic rings. The Morgan fingerprint density at radius 1 is 0.900 bits per heavy atom. The van der Waals surface area contributed by atoms with E-state index in [4.69, 9.17) is 27.9 Å². The number of hydrogen-bond donors (Lipinski definition) is 1. The SMILES string of the molecule is C.C/C=C(\C)CC(CC(=O)N(C(=O)CC)c1cc(Cl)ccc1C(C)c1cc(F)ccc1C)c1cc(Cl)ccc1OC(CC)(CC)C(=O)NC.C=CCCC.CC.CCOC. The standard InChI is InChI=1S/C39H47Cl2FN2O4.C5H10.C3H8O.C2H6.CH4/c1-9-24(5)19-27(33-21-28(40)15-18-35(33)48-39(11-3,12-4)38(47)43-8)20-37(46)44(36(45)10-2)34-22-29(41)14-17-31(34)26(7)32-23-30(42)16-13-25(32)6;1-3-5-4-2;1-3-4-2;1-2;/h9,13-18,21-23,26-27H,10-12,19-20H2,1-8H3,(H,43,47);3H,1,4-5H2,2H3;3H2,1-2H3;1-2H3;1H4/b24-9+;;;;. The Hall–Kier alpha value is -3.98. The van der Waals surface area contributed by atoms with E-state index in [1.807, 2.05) is 74.5 Å². The molecule has 3 aromatic carbocycles. The number of likely N-dealkylation sites (N-methyl/N-ethyl adjacent to an activating group) is 1. The van der Waals surface area contributed by atoms with Crippen LogP contribution < -0.4 is 15.0 Å². The molecule has 0 aliphatic carbocycles. The molecule has 0 saturated carbocycles. The van der Waals surface area contributed by atoms with Crippen LogP contribution in [0.15, 0.2) is 78.9 Å². The van der Waals surface area contributed by atoms with Crippen molar-refractivity contribution < 1.29 is 28.2 Å². The van der Waals surface area contributed by atoms with Crippen LogP contribution in [0.4, 0.5) is 10.1 Å². The maximum atomic E-state index is 14.5. The van der Waals surface area contributed by atoms with Crippen LogP contribution >= 0.6 is 23.2 Å². The van der Waals surface area contributed by atoms with Crippen LogP contribution in [-0.4, -0.2) is 44.1 Å². The Balaban J connectivity index is 0. The average Bonchev–Trinajstić information content (AvgIpc) is 3.24. The molecule has 60 heavy (non-hydrogen) atoms. The van der Waals surface area contributed by atoms with E-state index in [0.717, 1.165) is 29.7 Å². The van der Waals surface area contributed by atoms with Crippen LogP contribution in [0.25, 0.3) is 0 Å². The molecule has 2 unspecified atom stereocenters. The fraction of sp³-hybridized carbons (Fsp3) is 0.500. The minimum atomic E-state index is -1.13. The van der Waals surface area contributed by atoms with Gasteiger partial charge in [-0.25, -0.2) is 4.39 Å². The highest BCUT2D eigenvalue weighted by atomic mass is 35.5. The summed E-state index contributed by atoms with van der Waals surface area (Å²) in [4.78, 5) is 42.5. The van der Waals surface area contributed by atoms with E-state index in [1.54, 1.807) is 63.5 Å². The van der Waals surface area contributed by atoms with Gasteiger partial charge < -0.3 is 14.8 Å². The maximum absolute atomic E-state index is 14.5. The molecular formula is C50H75Cl2FN2O5. The Morgan fingerprint density at radius 3 is 1.97 bits per heavy atom. The smallest absolute Gasteiger partial charge is 0.263 e. The number of halogens is 3. The van der Waals surface area contributed by atoms with E-state index in [9.17, 15) is 18.8 Å². The van der Waals surface area contributed by atoms with Crippen LogP contribution in [0.2, 0.25) is 10.0 Å². The summed E-state index contributed by atoms with van der Waals surface area (Å²) in [5.41, 5.74) is 3.19. The van der Waals surface area contributed by atoms with Crippen molar-refractivity contribution in [2.75, 3.05) is 25.7 Å². The molecular weight excluding hydrogens is 798 g/mol. The number of nitrogens with zero attached hydrogens (tertiary/aromatic N) is 1. The first-order valence-corrected chi connectivity index (χ1v) is 21.7. The van der Waals surface area contributed by atoms with Gasteiger partial charge in [-0.1, -0.05) is 115 Å². The molecule has 0 aliphatic rings. The van der Waals surface area contributed by atoms with Gasteiger partial charge in [0.05, 0.1) is 5.69 Å².